The molecule has 4 heteroatoms. The standard InChI is InChI=1S/C16H22Cl2N2/c1-2-14(11-5-6-12(17)13(18)10-11)19-15-7-9-20-8-3-4-16(15)20/h5-6,10,14-16,19H,2-4,7-9H2,1H3. The molecule has 3 atom stereocenters. The van der Waals surface area contributed by atoms with Crippen molar-refractivity contribution in [3.8, 4) is 0 Å². The molecular formula is C16H22Cl2N2. The van der Waals surface area contributed by atoms with E-state index in [4.69, 9.17) is 23.2 Å². The van der Waals surface area contributed by atoms with E-state index in [-0.39, 0.29) is 0 Å². The molecule has 0 aliphatic carbocycles. The number of halogens is 2. The molecule has 0 saturated carbocycles. The highest BCUT2D eigenvalue weighted by Crippen LogP contribution is 2.32. The number of nitrogens with zero attached hydrogens (tertiary/aromatic N) is 1. The second-order valence-electron chi connectivity index (χ2n) is 5.94. The lowest BCUT2D eigenvalue weighted by molar-refractivity contribution is 0.287. The lowest BCUT2D eigenvalue weighted by Gasteiger charge is -2.27. The Balaban J connectivity index is 1.72. The highest BCUT2D eigenvalue weighted by Gasteiger charge is 2.37. The number of hydrogen-bond donors (Lipinski definition) is 1. The van der Waals surface area contributed by atoms with Crippen molar-refractivity contribution in [2.45, 2.75) is 50.7 Å². The van der Waals surface area contributed by atoms with Crippen LogP contribution in [0.15, 0.2) is 18.2 Å². The van der Waals surface area contributed by atoms with Crippen LogP contribution in [-0.4, -0.2) is 30.1 Å². The van der Waals surface area contributed by atoms with Gasteiger partial charge in [0.2, 0.25) is 0 Å². The van der Waals surface area contributed by atoms with E-state index >= 15 is 0 Å². The average Bonchev–Trinajstić information content (AvgIpc) is 3.03. The van der Waals surface area contributed by atoms with Crippen LogP contribution < -0.4 is 5.32 Å². The smallest absolute Gasteiger partial charge is 0.0595 e. The average molecular weight is 313 g/mol. The fourth-order valence-corrected chi connectivity index (χ4v) is 4.02. The van der Waals surface area contributed by atoms with Crippen LogP contribution in [0.5, 0.6) is 0 Å². The first-order valence-electron chi connectivity index (χ1n) is 7.64. The summed E-state index contributed by atoms with van der Waals surface area (Å²) in [5.41, 5.74) is 1.25. The highest BCUT2D eigenvalue weighted by atomic mass is 35.5. The molecule has 2 heterocycles. The molecule has 1 aromatic carbocycles. The Bertz CT molecular complexity index is 478. The summed E-state index contributed by atoms with van der Waals surface area (Å²) in [6.45, 7) is 4.76. The molecule has 0 bridgehead atoms. The summed E-state index contributed by atoms with van der Waals surface area (Å²) >= 11 is 12.2. The molecule has 0 radical (unpaired) electrons. The van der Waals surface area contributed by atoms with Crippen molar-refractivity contribution in [1.82, 2.24) is 10.2 Å². The minimum absolute atomic E-state index is 0.371. The quantitative estimate of drug-likeness (QED) is 0.893. The number of benzene rings is 1. The molecule has 0 aromatic heterocycles. The van der Waals surface area contributed by atoms with Gasteiger partial charge in [-0.3, -0.25) is 4.90 Å². The van der Waals surface area contributed by atoms with Gasteiger partial charge in [-0.2, -0.15) is 0 Å². The lowest BCUT2D eigenvalue weighted by atomic mass is 10.00. The zero-order valence-electron chi connectivity index (χ0n) is 11.9. The van der Waals surface area contributed by atoms with Crippen LogP contribution >= 0.6 is 23.2 Å². The predicted molar refractivity (Wildman–Crippen MR) is 85.6 cm³/mol. The van der Waals surface area contributed by atoms with Gasteiger partial charge in [-0.1, -0.05) is 36.2 Å². The predicted octanol–water partition coefficient (Wildman–Crippen LogP) is 4.27. The van der Waals surface area contributed by atoms with Gasteiger partial charge in [0.15, 0.2) is 0 Å². The number of fused-ring (bicyclic) bond motifs is 1. The van der Waals surface area contributed by atoms with Gasteiger partial charge in [0, 0.05) is 24.7 Å². The lowest BCUT2D eigenvalue weighted by Crippen LogP contribution is -2.40. The summed E-state index contributed by atoms with van der Waals surface area (Å²) < 4.78 is 0. The molecule has 1 aromatic rings. The van der Waals surface area contributed by atoms with Gasteiger partial charge in [0.1, 0.15) is 0 Å². The van der Waals surface area contributed by atoms with Gasteiger partial charge >= 0.3 is 0 Å². The Morgan fingerprint density at radius 2 is 2.10 bits per heavy atom. The third-order valence-corrected chi connectivity index (χ3v) is 5.51. The van der Waals surface area contributed by atoms with E-state index in [0.717, 1.165) is 12.5 Å². The maximum atomic E-state index is 6.15. The molecule has 1 N–H and O–H groups in total. The van der Waals surface area contributed by atoms with Crippen LogP contribution in [0.3, 0.4) is 0 Å². The Morgan fingerprint density at radius 3 is 2.85 bits per heavy atom. The van der Waals surface area contributed by atoms with Gasteiger partial charge in [0.05, 0.1) is 10.0 Å². The van der Waals surface area contributed by atoms with E-state index in [2.05, 4.69) is 23.2 Å². The zero-order valence-corrected chi connectivity index (χ0v) is 13.4. The monoisotopic (exact) mass is 312 g/mol. The van der Waals surface area contributed by atoms with Crippen molar-refractivity contribution in [2.24, 2.45) is 0 Å². The molecule has 20 heavy (non-hydrogen) atoms. The SMILES string of the molecule is CCC(NC1CCN2CCCC12)c1ccc(Cl)c(Cl)c1. The fraction of sp³-hybridized carbons (Fsp3) is 0.625. The number of hydrogen-bond acceptors (Lipinski definition) is 2. The maximum Gasteiger partial charge on any atom is 0.0595 e. The third kappa shape index (κ3) is 2.85. The van der Waals surface area contributed by atoms with Gasteiger partial charge in [-0.15, -0.1) is 0 Å². The summed E-state index contributed by atoms with van der Waals surface area (Å²) in [5.74, 6) is 0. The number of nitrogens with one attached hydrogen (secondary N) is 1. The minimum atomic E-state index is 0.371. The molecule has 2 aliphatic heterocycles. The third-order valence-electron chi connectivity index (χ3n) is 4.78. The van der Waals surface area contributed by atoms with Crippen LogP contribution in [0, 0.1) is 0 Å². The van der Waals surface area contributed by atoms with E-state index in [1.807, 2.05) is 12.1 Å². The summed E-state index contributed by atoms with van der Waals surface area (Å²) in [4.78, 5) is 2.64. The van der Waals surface area contributed by atoms with Crippen molar-refractivity contribution in [2.75, 3.05) is 13.1 Å². The first-order valence-corrected chi connectivity index (χ1v) is 8.39. The largest absolute Gasteiger partial charge is 0.306 e. The Hall–Kier alpha value is -0.280. The molecule has 3 rings (SSSR count). The normalized spacial score (nSPS) is 27.8. The molecule has 2 fully saturated rings. The van der Waals surface area contributed by atoms with E-state index in [1.165, 1.54) is 37.9 Å². The van der Waals surface area contributed by atoms with E-state index in [9.17, 15) is 0 Å². The Kier molecular flexibility index (Phi) is 4.56. The molecule has 2 nitrogen and oxygen atoms in total. The Labute approximate surface area is 131 Å². The molecular weight excluding hydrogens is 291 g/mol. The van der Waals surface area contributed by atoms with Crippen LogP contribution in [0.25, 0.3) is 0 Å². The summed E-state index contributed by atoms with van der Waals surface area (Å²) in [6, 6.07) is 7.74. The van der Waals surface area contributed by atoms with Crippen molar-refractivity contribution in [3.05, 3.63) is 33.8 Å². The van der Waals surface area contributed by atoms with Crippen molar-refractivity contribution in [3.63, 3.8) is 0 Å². The first kappa shape index (κ1) is 14.6. The highest BCUT2D eigenvalue weighted by molar-refractivity contribution is 6.42. The van der Waals surface area contributed by atoms with Crippen LogP contribution in [0.1, 0.15) is 44.2 Å². The Morgan fingerprint density at radius 1 is 1.25 bits per heavy atom. The van der Waals surface area contributed by atoms with Crippen LogP contribution in [0.4, 0.5) is 0 Å². The van der Waals surface area contributed by atoms with Gasteiger partial charge in [-0.25, -0.2) is 0 Å². The number of rotatable bonds is 4. The molecule has 2 saturated heterocycles. The second-order valence-corrected chi connectivity index (χ2v) is 6.76. The summed E-state index contributed by atoms with van der Waals surface area (Å²) in [5, 5.41) is 5.14. The summed E-state index contributed by atoms with van der Waals surface area (Å²) in [6.07, 6.45) is 5.03. The molecule has 0 amide bonds. The zero-order chi connectivity index (χ0) is 14.1. The van der Waals surface area contributed by atoms with E-state index < -0.39 is 0 Å². The topological polar surface area (TPSA) is 15.3 Å². The molecule has 2 aliphatic rings. The molecule has 3 unspecified atom stereocenters. The van der Waals surface area contributed by atoms with Gasteiger partial charge in [-0.05, 0) is 49.9 Å². The fourth-order valence-electron chi connectivity index (χ4n) is 3.71. The van der Waals surface area contributed by atoms with Gasteiger partial charge in [0.25, 0.3) is 0 Å². The van der Waals surface area contributed by atoms with E-state index in [1.54, 1.807) is 0 Å². The maximum absolute atomic E-state index is 6.15. The van der Waals surface area contributed by atoms with Crippen molar-refractivity contribution >= 4 is 23.2 Å². The molecule has 0 spiro atoms. The van der Waals surface area contributed by atoms with Crippen molar-refractivity contribution < 1.29 is 0 Å². The van der Waals surface area contributed by atoms with E-state index in [0.29, 0.717) is 22.1 Å². The summed E-state index contributed by atoms with van der Waals surface area (Å²) in [7, 11) is 0. The van der Waals surface area contributed by atoms with Crippen molar-refractivity contribution in [1.29, 1.82) is 0 Å². The van der Waals surface area contributed by atoms with Gasteiger partial charge < -0.3 is 5.32 Å². The van der Waals surface area contributed by atoms with Crippen LogP contribution in [-0.2, 0) is 0 Å². The molecule has 110 valence electrons. The second kappa shape index (κ2) is 6.23. The van der Waals surface area contributed by atoms with Crippen LogP contribution in [0.2, 0.25) is 10.0 Å². The minimum Gasteiger partial charge on any atom is -0.306 e. The first-order chi connectivity index (χ1) is 9.69.